The number of nitrogens with two attached hydrogens (primary N) is 2. The molecule has 1 aliphatic carbocycles. The molecular formula is C42H72N4O18. The number of hydrogen-bond acceptors (Lipinski definition) is 20. The highest BCUT2D eigenvalue weighted by Gasteiger charge is 2.64. The minimum Gasteiger partial charge on any atom is -0.507 e. The zero-order valence-electron chi connectivity index (χ0n) is 37.7. The lowest BCUT2D eigenvalue weighted by Gasteiger charge is -2.62. The molecule has 1 saturated carbocycles. The molecule has 15 atom stereocenters. The van der Waals surface area contributed by atoms with Gasteiger partial charge in [-0.05, 0) is 46.1 Å². The second kappa shape index (κ2) is 19.8. The molecule has 4 rings (SSSR count). The van der Waals surface area contributed by atoms with Crippen LogP contribution in [0.25, 0.3) is 0 Å². The number of aliphatic carboxylic acids is 2. The third-order valence-electron chi connectivity index (χ3n) is 14.9. The first kappa shape index (κ1) is 53.7. The Morgan fingerprint density at radius 1 is 0.828 bits per heavy atom. The summed E-state index contributed by atoms with van der Waals surface area (Å²) in [6.07, 6.45) is -5.27. The molecule has 12 unspecified atom stereocenters. The van der Waals surface area contributed by atoms with E-state index in [1.54, 1.807) is 27.7 Å². The Kier molecular flexibility index (Phi) is 16.6. The summed E-state index contributed by atoms with van der Waals surface area (Å²) in [7, 11) is 0. The molecule has 2 aliphatic heterocycles. The van der Waals surface area contributed by atoms with Gasteiger partial charge in [0.25, 0.3) is 0 Å². The molecule has 0 radical (unpaired) electrons. The summed E-state index contributed by atoms with van der Waals surface area (Å²) in [4.78, 5) is 24.0. The predicted molar refractivity (Wildman–Crippen MR) is 224 cm³/mol. The van der Waals surface area contributed by atoms with Crippen LogP contribution in [-0.4, -0.2) is 203 Å². The topological polar surface area (TPSA) is 381 Å². The number of carboxylic acids is 2. The summed E-state index contributed by atoms with van der Waals surface area (Å²) in [5.74, 6) is -4.29. The van der Waals surface area contributed by atoms with Crippen LogP contribution in [0.2, 0.25) is 0 Å². The van der Waals surface area contributed by atoms with E-state index in [1.807, 2.05) is 0 Å². The fourth-order valence-electron chi connectivity index (χ4n) is 10.2. The normalized spacial score (nSPS) is 41.6. The van der Waals surface area contributed by atoms with E-state index in [-0.39, 0.29) is 50.5 Å². The predicted octanol–water partition coefficient (Wildman–Crippen LogP) is -3.28. The largest absolute Gasteiger partial charge is 0.507 e. The van der Waals surface area contributed by atoms with Gasteiger partial charge in [0.2, 0.25) is 0 Å². The standard InChI is InChI=1S/C42H72N4O18/c1-36(18-61-20-38(3)27(17-49)63-33(57)31(43)41(38,6)59)10-23(15-47)37(2,19-62-21-39(4)34(44)40(5,58)32(56)26(16-48)64-39)42(7,60)35(36)45-11-22-8-9-25(50)24(30(22)55)12-46(13-28(51)52)14-29(53)54/h8-9,23,26-27,31-35,45,47-50,55-60H,10-21,43-44H2,1-7H3,(H,51,52)(H,53,54)/t23?,26?,27?,31?,32?,33?,34?,35?,36?,37?,38?,39?,40-,41+,42+/m1/s1. The molecule has 17 N–H and O–H groups in total. The highest BCUT2D eigenvalue weighted by molar-refractivity contribution is 5.72. The molecule has 0 spiro atoms. The van der Waals surface area contributed by atoms with Gasteiger partial charge in [0.1, 0.15) is 34.9 Å². The Balaban J connectivity index is 1.72. The first-order chi connectivity index (χ1) is 29.4. The van der Waals surface area contributed by atoms with Crippen molar-refractivity contribution in [3.63, 3.8) is 0 Å². The van der Waals surface area contributed by atoms with Crippen molar-refractivity contribution in [1.82, 2.24) is 10.2 Å². The molecule has 0 bridgehead atoms. The smallest absolute Gasteiger partial charge is 0.317 e. The molecule has 368 valence electrons. The number of ether oxygens (including phenoxy) is 4. The van der Waals surface area contributed by atoms with E-state index >= 15 is 0 Å². The molecule has 0 aromatic heterocycles. The summed E-state index contributed by atoms with van der Waals surface area (Å²) < 4.78 is 24.2. The Labute approximate surface area is 372 Å². The molecular weight excluding hydrogens is 848 g/mol. The van der Waals surface area contributed by atoms with Gasteiger partial charge < -0.3 is 97.0 Å². The van der Waals surface area contributed by atoms with Crippen LogP contribution < -0.4 is 16.8 Å². The summed E-state index contributed by atoms with van der Waals surface area (Å²) in [6, 6.07) is -0.863. The molecule has 3 aliphatic rings. The SMILES string of the molecule is CC1(COCC2(C)C(CO)OC(O)C(N)[C@]2(C)O)CC(CO)C(C)(COCC2(C)OC(CO)C(O)[C@@](C)(O)C2N)[C@@](C)(O)C1NCc1ccc(O)c(CN(CC(=O)O)CC(=O)O)c1O. The number of aromatic hydroxyl groups is 2. The Morgan fingerprint density at radius 2 is 1.41 bits per heavy atom. The molecule has 1 aromatic carbocycles. The summed E-state index contributed by atoms with van der Waals surface area (Å²) in [6.45, 7) is 6.16. The van der Waals surface area contributed by atoms with Gasteiger partial charge in [-0.2, -0.15) is 0 Å². The lowest BCUT2D eigenvalue weighted by Crippen LogP contribution is -2.74. The number of benzene rings is 1. The maximum absolute atomic E-state index is 13.0. The van der Waals surface area contributed by atoms with Crippen molar-refractivity contribution < 1.29 is 89.8 Å². The van der Waals surface area contributed by atoms with Crippen LogP contribution in [0, 0.1) is 22.2 Å². The van der Waals surface area contributed by atoms with Crippen molar-refractivity contribution >= 4 is 11.9 Å². The van der Waals surface area contributed by atoms with Crippen molar-refractivity contribution in [2.45, 2.75) is 133 Å². The van der Waals surface area contributed by atoms with E-state index in [0.717, 1.165) is 4.90 Å². The van der Waals surface area contributed by atoms with Crippen LogP contribution in [0.5, 0.6) is 11.5 Å². The molecule has 22 heteroatoms. The van der Waals surface area contributed by atoms with Crippen LogP contribution in [0.15, 0.2) is 12.1 Å². The number of hydrogen-bond donors (Lipinski definition) is 15. The lowest BCUT2D eigenvalue weighted by molar-refractivity contribution is -0.304. The Morgan fingerprint density at radius 3 is 1.95 bits per heavy atom. The highest BCUT2D eigenvalue weighted by atomic mass is 16.6. The van der Waals surface area contributed by atoms with Crippen LogP contribution in [0.4, 0.5) is 0 Å². The Hall–Kier alpha value is -2.88. The fraction of sp³-hybridized carbons (Fsp3) is 0.810. The molecule has 2 heterocycles. The lowest BCUT2D eigenvalue weighted by atomic mass is 9.50. The second-order valence-corrected chi connectivity index (χ2v) is 19.7. The van der Waals surface area contributed by atoms with Crippen LogP contribution in [-0.2, 0) is 41.6 Å². The molecule has 64 heavy (non-hydrogen) atoms. The van der Waals surface area contributed by atoms with E-state index in [9.17, 15) is 70.9 Å². The van der Waals surface area contributed by atoms with E-state index < -0.39 is 150 Å². The number of aliphatic hydroxyl groups excluding tert-OH is 5. The van der Waals surface area contributed by atoms with Gasteiger partial charge in [0.15, 0.2) is 6.29 Å². The van der Waals surface area contributed by atoms with Gasteiger partial charge in [-0.15, -0.1) is 0 Å². The van der Waals surface area contributed by atoms with Crippen molar-refractivity contribution in [2.75, 3.05) is 59.3 Å². The quantitative estimate of drug-likeness (QED) is 0.0610. The van der Waals surface area contributed by atoms with Gasteiger partial charge in [-0.25, -0.2) is 0 Å². The van der Waals surface area contributed by atoms with Gasteiger partial charge in [0.05, 0.1) is 82.1 Å². The van der Waals surface area contributed by atoms with Gasteiger partial charge in [-0.1, -0.05) is 26.8 Å². The van der Waals surface area contributed by atoms with E-state index in [4.69, 9.17) is 30.4 Å². The number of phenolic OH excluding ortho intramolecular Hbond substituents is 2. The third kappa shape index (κ3) is 10.0. The van der Waals surface area contributed by atoms with Crippen molar-refractivity contribution in [3.8, 4) is 11.5 Å². The van der Waals surface area contributed by atoms with Crippen LogP contribution in [0.1, 0.15) is 66.0 Å². The summed E-state index contributed by atoms with van der Waals surface area (Å²) in [5.41, 5.74) is 1.75. The maximum atomic E-state index is 13.0. The number of nitrogens with zero attached hydrogens (tertiary/aromatic N) is 1. The Bertz CT molecular complexity index is 1770. The van der Waals surface area contributed by atoms with Crippen LogP contribution >= 0.6 is 0 Å². The third-order valence-corrected chi connectivity index (χ3v) is 14.9. The maximum Gasteiger partial charge on any atom is 0.317 e. The number of nitrogens with one attached hydrogen (secondary N) is 1. The van der Waals surface area contributed by atoms with Gasteiger partial charge in [0, 0.05) is 53.1 Å². The number of rotatable bonds is 20. The summed E-state index contributed by atoms with van der Waals surface area (Å²) >= 11 is 0. The monoisotopic (exact) mass is 920 g/mol. The molecule has 3 fully saturated rings. The van der Waals surface area contributed by atoms with Crippen molar-refractivity contribution in [1.29, 1.82) is 0 Å². The summed E-state index contributed by atoms with van der Waals surface area (Å²) in [5, 5.41) is 132. The van der Waals surface area contributed by atoms with Crippen molar-refractivity contribution in [2.24, 2.45) is 33.6 Å². The average Bonchev–Trinajstić information content (AvgIpc) is 3.20. The number of carboxylic acid groups (broad SMARTS) is 2. The highest BCUT2D eigenvalue weighted by Crippen LogP contribution is 2.56. The number of aliphatic hydroxyl groups is 8. The molecule has 2 saturated heterocycles. The first-order valence-electron chi connectivity index (χ1n) is 21.2. The minimum atomic E-state index is -1.89. The second-order valence-electron chi connectivity index (χ2n) is 19.7. The molecule has 1 aromatic rings. The molecule has 0 amide bonds. The first-order valence-corrected chi connectivity index (χ1v) is 21.2. The van der Waals surface area contributed by atoms with E-state index in [2.05, 4.69) is 5.32 Å². The zero-order valence-corrected chi connectivity index (χ0v) is 37.7. The zero-order chi connectivity index (χ0) is 48.6. The van der Waals surface area contributed by atoms with Gasteiger partial charge >= 0.3 is 11.9 Å². The van der Waals surface area contributed by atoms with Crippen molar-refractivity contribution in [3.05, 3.63) is 23.3 Å². The average molecular weight is 921 g/mol. The number of phenols is 2. The van der Waals surface area contributed by atoms with E-state index in [1.165, 1.54) is 32.9 Å². The van der Waals surface area contributed by atoms with Gasteiger partial charge in [-0.3, -0.25) is 14.5 Å². The van der Waals surface area contributed by atoms with E-state index in [0.29, 0.717) is 0 Å². The molecule has 22 nitrogen and oxygen atoms in total. The van der Waals surface area contributed by atoms with Crippen LogP contribution in [0.3, 0.4) is 0 Å². The number of carbonyl (C=O) groups is 2. The fourth-order valence-corrected chi connectivity index (χ4v) is 10.2. The minimum absolute atomic E-state index is 0.148.